The second-order valence-corrected chi connectivity index (χ2v) is 9.17. The van der Waals surface area contributed by atoms with E-state index in [2.05, 4.69) is 13.8 Å². The SMILES string of the molecule is CC1(O)C(CO)[C@@H](COP(=O)(O)OP(=O)(O)O)O[C@H]1n1ccc(=S)[nH]c1=O. The topological polar surface area (TPSA) is 201 Å². The number of rotatable bonds is 7. The van der Waals surface area contributed by atoms with Crippen molar-refractivity contribution >= 4 is 27.9 Å². The van der Waals surface area contributed by atoms with E-state index in [9.17, 15) is 29.0 Å². The summed E-state index contributed by atoms with van der Waals surface area (Å²) in [7, 11) is -10.5. The molecular weight excluding hydrogens is 430 g/mol. The van der Waals surface area contributed by atoms with Crippen molar-refractivity contribution in [3.05, 3.63) is 27.4 Å². The van der Waals surface area contributed by atoms with Crippen LogP contribution in [-0.2, 0) is 22.7 Å². The van der Waals surface area contributed by atoms with Crippen LogP contribution in [0.15, 0.2) is 17.1 Å². The maximum Gasteiger partial charge on any atom is 0.481 e. The Morgan fingerprint density at radius 1 is 1.41 bits per heavy atom. The molecule has 27 heavy (non-hydrogen) atoms. The van der Waals surface area contributed by atoms with Gasteiger partial charge in [0.05, 0.1) is 19.3 Å². The van der Waals surface area contributed by atoms with Crippen molar-refractivity contribution in [3.63, 3.8) is 0 Å². The van der Waals surface area contributed by atoms with E-state index in [0.717, 1.165) is 4.57 Å². The summed E-state index contributed by atoms with van der Waals surface area (Å²) in [5.41, 5.74) is -2.52. The Hall–Kier alpha value is -0.760. The zero-order chi connectivity index (χ0) is 20.6. The Labute approximate surface area is 157 Å². The molecule has 0 saturated carbocycles. The number of phosphoric ester groups is 1. The van der Waals surface area contributed by atoms with Crippen LogP contribution < -0.4 is 5.69 Å². The van der Waals surface area contributed by atoms with Crippen LogP contribution >= 0.6 is 27.9 Å². The van der Waals surface area contributed by atoms with E-state index in [1.54, 1.807) is 0 Å². The second-order valence-electron chi connectivity index (χ2n) is 5.90. The van der Waals surface area contributed by atoms with E-state index in [0.29, 0.717) is 0 Å². The zero-order valence-electron chi connectivity index (χ0n) is 13.7. The molecule has 0 radical (unpaired) electrons. The lowest BCUT2D eigenvalue weighted by atomic mass is 9.87. The predicted molar refractivity (Wildman–Crippen MR) is 89.9 cm³/mol. The first-order chi connectivity index (χ1) is 12.3. The molecular formula is C11H18N2O11P2S. The number of phosphoric acid groups is 2. The lowest BCUT2D eigenvalue weighted by Gasteiger charge is -2.29. The Bertz CT molecular complexity index is 893. The minimum atomic E-state index is -5.30. The van der Waals surface area contributed by atoms with Crippen molar-refractivity contribution in [2.75, 3.05) is 13.2 Å². The van der Waals surface area contributed by atoms with E-state index < -0.39 is 58.4 Å². The van der Waals surface area contributed by atoms with Gasteiger partial charge in [0.1, 0.15) is 10.2 Å². The number of hydrogen-bond donors (Lipinski definition) is 6. The molecule has 2 rings (SSSR count). The van der Waals surface area contributed by atoms with Crippen LogP contribution in [0.5, 0.6) is 0 Å². The number of H-pyrrole nitrogens is 1. The van der Waals surface area contributed by atoms with Gasteiger partial charge in [-0.15, -0.1) is 0 Å². The van der Waals surface area contributed by atoms with Crippen molar-refractivity contribution in [1.29, 1.82) is 0 Å². The number of ether oxygens (including phenoxy) is 1. The molecule has 16 heteroatoms. The number of aliphatic hydroxyl groups is 2. The first kappa shape index (κ1) is 22.5. The highest BCUT2D eigenvalue weighted by atomic mass is 32.1. The number of aromatic amines is 1. The van der Waals surface area contributed by atoms with Crippen molar-refractivity contribution in [3.8, 4) is 0 Å². The van der Waals surface area contributed by atoms with Crippen LogP contribution in [0.2, 0.25) is 0 Å². The molecule has 0 spiro atoms. The average molecular weight is 448 g/mol. The van der Waals surface area contributed by atoms with Gasteiger partial charge in [-0.2, -0.15) is 4.31 Å². The van der Waals surface area contributed by atoms with Gasteiger partial charge in [0.2, 0.25) is 0 Å². The Morgan fingerprint density at radius 2 is 2.04 bits per heavy atom. The van der Waals surface area contributed by atoms with Crippen LogP contribution in [-0.4, -0.2) is 59.4 Å². The third-order valence-electron chi connectivity index (χ3n) is 3.92. The Balaban J connectivity index is 2.24. The third-order valence-corrected chi connectivity index (χ3v) is 6.30. The molecule has 1 aromatic heterocycles. The number of nitrogens with one attached hydrogen (secondary N) is 1. The predicted octanol–water partition coefficient (Wildman–Crippen LogP) is -0.611. The first-order valence-corrected chi connectivity index (χ1v) is 10.7. The van der Waals surface area contributed by atoms with Crippen molar-refractivity contribution in [2.24, 2.45) is 5.92 Å². The molecule has 1 aromatic rings. The molecule has 0 bridgehead atoms. The van der Waals surface area contributed by atoms with Crippen LogP contribution in [0.25, 0.3) is 0 Å². The summed E-state index contributed by atoms with van der Waals surface area (Å²) in [5, 5.41) is 20.3. The molecule has 1 aliphatic heterocycles. The van der Waals surface area contributed by atoms with Gasteiger partial charge in [0.15, 0.2) is 6.23 Å². The van der Waals surface area contributed by atoms with Crippen molar-refractivity contribution in [1.82, 2.24) is 9.55 Å². The van der Waals surface area contributed by atoms with Gasteiger partial charge in [0.25, 0.3) is 0 Å². The average Bonchev–Trinajstić information content (AvgIpc) is 2.73. The number of nitrogens with zero attached hydrogens (tertiary/aromatic N) is 1. The number of aromatic nitrogens is 2. The maximum atomic E-state index is 12.1. The van der Waals surface area contributed by atoms with E-state index in [1.165, 1.54) is 19.2 Å². The molecule has 3 unspecified atom stereocenters. The van der Waals surface area contributed by atoms with Gasteiger partial charge in [-0.25, -0.2) is 13.9 Å². The number of hydrogen-bond acceptors (Lipinski definition) is 9. The standard InChI is InChI=1S/C11H18N2O11P2S/c1-11(16)6(4-14)7(5-22-26(20,21)24-25(17,18)19)23-9(11)13-3-2-8(27)12-10(13)15/h2-3,6-7,9,14,16H,4-5H2,1H3,(H,20,21)(H,12,15,27)(H2,17,18,19)/t6?,7-,9-,11?/m1/s1. The summed E-state index contributed by atoms with van der Waals surface area (Å²) in [4.78, 5) is 40.9. The zero-order valence-corrected chi connectivity index (χ0v) is 16.3. The summed E-state index contributed by atoms with van der Waals surface area (Å²) >= 11 is 4.82. The van der Waals surface area contributed by atoms with E-state index in [-0.39, 0.29) is 4.64 Å². The summed E-state index contributed by atoms with van der Waals surface area (Å²) in [6.07, 6.45) is -1.28. The Morgan fingerprint density at radius 3 is 2.56 bits per heavy atom. The van der Waals surface area contributed by atoms with Crippen LogP contribution in [0.4, 0.5) is 0 Å². The molecule has 5 atom stereocenters. The van der Waals surface area contributed by atoms with E-state index in [4.69, 9.17) is 26.7 Å². The molecule has 1 aliphatic rings. The lowest BCUT2D eigenvalue weighted by Crippen LogP contribution is -2.44. The smallest absolute Gasteiger partial charge is 0.396 e. The largest absolute Gasteiger partial charge is 0.481 e. The highest BCUT2D eigenvalue weighted by Crippen LogP contribution is 2.58. The molecule has 0 aromatic carbocycles. The second kappa shape index (κ2) is 7.93. The van der Waals surface area contributed by atoms with Crippen LogP contribution in [0, 0.1) is 10.6 Å². The number of aliphatic hydroxyl groups excluding tert-OH is 1. The summed E-state index contributed by atoms with van der Waals surface area (Å²) in [6, 6.07) is 1.36. The minimum absolute atomic E-state index is 0.142. The van der Waals surface area contributed by atoms with Gasteiger partial charge in [-0.1, -0.05) is 12.2 Å². The van der Waals surface area contributed by atoms with E-state index in [1.807, 2.05) is 0 Å². The van der Waals surface area contributed by atoms with Crippen molar-refractivity contribution < 1.29 is 47.6 Å². The highest BCUT2D eigenvalue weighted by molar-refractivity contribution is 7.71. The molecule has 0 amide bonds. The van der Waals surface area contributed by atoms with Crippen LogP contribution in [0.3, 0.4) is 0 Å². The molecule has 1 saturated heterocycles. The lowest BCUT2D eigenvalue weighted by molar-refractivity contribution is -0.0933. The summed E-state index contributed by atoms with van der Waals surface area (Å²) in [6.45, 7) is -0.148. The maximum absolute atomic E-state index is 12.1. The monoisotopic (exact) mass is 448 g/mol. The molecule has 1 fully saturated rings. The quantitative estimate of drug-likeness (QED) is 0.229. The van der Waals surface area contributed by atoms with Crippen LogP contribution in [0.1, 0.15) is 13.2 Å². The highest BCUT2D eigenvalue weighted by Gasteiger charge is 2.54. The molecule has 6 N–H and O–H groups in total. The minimum Gasteiger partial charge on any atom is -0.396 e. The fourth-order valence-electron chi connectivity index (χ4n) is 2.70. The summed E-state index contributed by atoms with van der Waals surface area (Å²) < 4.78 is 37.0. The third kappa shape index (κ3) is 5.40. The van der Waals surface area contributed by atoms with Crippen molar-refractivity contribution in [2.45, 2.75) is 24.9 Å². The Kier molecular flexibility index (Phi) is 6.62. The fraction of sp³-hybridized carbons (Fsp3) is 0.636. The molecule has 0 aliphatic carbocycles. The fourth-order valence-corrected chi connectivity index (χ4v) is 4.45. The first-order valence-electron chi connectivity index (χ1n) is 7.31. The van der Waals surface area contributed by atoms with Gasteiger partial charge >= 0.3 is 21.3 Å². The van der Waals surface area contributed by atoms with Gasteiger partial charge in [-0.3, -0.25) is 14.1 Å². The molecule has 13 nitrogen and oxygen atoms in total. The molecule has 154 valence electrons. The molecule has 2 heterocycles. The summed E-state index contributed by atoms with van der Waals surface area (Å²) in [5.74, 6) is -1.08. The van der Waals surface area contributed by atoms with Gasteiger partial charge in [-0.05, 0) is 13.0 Å². The van der Waals surface area contributed by atoms with E-state index >= 15 is 0 Å². The normalized spacial score (nSPS) is 31.0. The van der Waals surface area contributed by atoms with Gasteiger partial charge in [0, 0.05) is 12.1 Å². The van der Waals surface area contributed by atoms with Gasteiger partial charge < -0.3 is 29.6 Å².